The molecule has 70 valence electrons. The highest BCUT2D eigenvalue weighted by molar-refractivity contribution is 5.35. The van der Waals surface area contributed by atoms with Crippen molar-refractivity contribution in [2.75, 3.05) is 0 Å². The maximum atomic E-state index is 5.67. The Bertz CT molecular complexity index is 317. The van der Waals surface area contributed by atoms with Gasteiger partial charge >= 0.3 is 0 Å². The van der Waals surface area contributed by atoms with Gasteiger partial charge in [0.1, 0.15) is 0 Å². The van der Waals surface area contributed by atoms with Crippen molar-refractivity contribution in [3.63, 3.8) is 0 Å². The molecule has 0 amide bonds. The van der Waals surface area contributed by atoms with Gasteiger partial charge in [-0.2, -0.15) is 0 Å². The zero-order valence-electron chi connectivity index (χ0n) is 8.50. The third-order valence-corrected chi connectivity index (χ3v) is 2.99. The summed E-state index contributed by atoms with van der Waals surface area (Å²) in [5.74, 6) is 0.532. The van der Waals surface area contributed by atoms with E-state index in [0.29, 0.717) is 12.0 Å². The summed E-state index contributed by atoms with van der Waals surface area (Å²) in [7, 11) is 0. The number of fused-ring (bicyclic) bond motifs is 1. The van der Waals surface area contributed by atoms with Crippen LogP contribution in [0.2, 0.25) is 0 Å². The second kappa shape index (κ2) is 3.15. The molecule has 1 heterocycles. The lowest BCUT2D eigenvalue weighted by Crippen LogP contribution is -2.23. The Labute approximate surface area is 79.7 Å². The summed E-state index contributed by atoms with van der Waals surface area (Å²) < 4.78 is 5.67. The predicted molar refractivity (Wildman–Crippen MR) is 53.8 cm³/mol. The minimum absolute atomic E-state index is 0.357. The molecule has 0 bridgehead atoms. The summed E-state index contributed by atoms with van der Waals surface area (Å²) in [4.78, 5) is 0. The van der Waals surface area contributed by atoms with Crippen molar-refractivity contribution in [1.29, 1.82) is 0 Å². The molecule has 0 fully saturated rings. The predicted octanol–water partition coefficient (Wildman–Crippen LogP) is 3.02. The van der Waals surface area contributed by atoms with E-state index in [0.717, 1.165) is 6.61 Å². The Hall–Kier alpha value is -0.820. The van der Waals surface area contributed by atoms with Crippen LogP contribution in [0.25, 0.3) is 0 Å². The van der Waals surface area contributed by atoms with E-state index in [4.69, 9.17) is 4.74 Å². The van der Waals surface area contributed by atoms with Crippen LogP contribution in [0.15, 0.2) is 18.2 Å². The monoisotopic (exact) mass is 176 g/mol. The Morgan fingerprint density at radius 3 is 2.85 bits per heavy atom. The second-order valence-corrected chi connectivity index (χ2v) is 4.01. The standard InChI is InChI=1S/C12H16O/c1-8-4-5-12-9(2)10(3)13-7-11(12)6-8/h4-6,9-10H,7H2,1-3H3/t9?,10-/m0/s1. The van der Waals surface area contributed by atoms with Crippen LogP contribution in [0.5, 0.6) is 0 Å². The van der Waals surface area contributed by atoms with Gasteiger partial charge in [-0.05, 0) is 25.0 Å². The fourth-order valence-electron chi connectivity index (χ4n) is 1.92. The molecule has 0 N–H and O–H groups in total. The Balaban J connectivity index is 2.44. The van der Waals surface area contributed by atoms with Gasteiger partial charge < -0.3 is 4.74 Å². The molecule has 1 aliphatic rings. The fourth-order valence-corrected chi connectivity index (χ4v) is 1.92. The molecule has 0 saturated heterocycles. The number of benzene rings is 1. The SMILES string of the molecule is Cc1ccc2c(c1)CO[C@@H](C)C2C. The first-order valence-corrected chi connectivity index (χ1v) is 4.89. The van der Waals surface area contributed by atoms with Gasteiger partial charge in [-0.25, -0.2) is 0 Å². The molecule has 1 nitrogen and oxygen atoms in total. The highest BCUT2D eigenvalue weighted by atomic mass is 16.5. The summed E-state index contributed by atoms with van der Waals surface area (Å²) in [5.41, 5.74) is 4.15. The molecule has 0 radical (unpaired) electrons. The lowest BCUT2D eigenvalue weighted by Gasteiger charge is -2.29. The van der Waals surface area contributed by atoms with Crippen LogP contribution >= 0.6 is 0 Å². The van der Waals surface area contributed by atoms with Crippen molar-refractivity contribution in [2.24, 2.45) is 0 Å². The largest absolute Gasteiger partial charge is 0.373 e. The van der Waals surface area contributed by atoms with Gasteiger partial charge in [-0.1, -0.05) is 30.7 Å². The molecule has 1 unspecified atom stereocenters. The van der Waals surface area contributed by atoms with Crippen LogP contribution < -0.4 is 0 Å². The molecule has 2 atom stereocenters. The number of hydrogen-bond acceptors (Lipinski definition) is 1. The van der Waals surface area contributed by atoms with E-state index in [-0.39, 0.29) is 0 Å². The highest BCUT2D eigenvalue weighted by Gasteiger charge is 2.22. The number of ether oxygens (including phenoxy) is 1. The summed E-state index contributed by atoms with van der Waals surface area (Å²) in [6.07, 6.45) is 0.357. The number of aryl methyl sites for hydroxylation is 1. The average molecular weight is 176 g/mol. The minimum atomic E-state index is 0.357. The van der Waals surface area contributed by atoms with E-state index in [2.05, 4.69) is 39.0 Å². The Kier molecular flexibility index (Phi) is 2.12. The van der Waals surface area contributed by atoms with Crippen LogP contribution in [0, 0.1) is 6.92 Å². The van der Waals surface area contributed by atoms with Gasteiger partial charge in [-0.3, -0.25) is 0 Å². The van der Waals surface area contributed by atoms with Gasteiger partial charge in [0.15, 0.2) is 0 Å². The summed E-state index contributed by atoms with van der Waals surface area (Å²) in [6.45, 7) is 7.29. The van der Waals surface area contributed by atoms with Crippen LogP contribution in [-0.4, -0.2) is 6.10 Å². The molecular weight excluding hydrogens is 160 g/mol. The van der Waals surface area contributed by atoms with Crippen molar-refractivity contribution >= 4 is 0 Å². The fraction of sp³-hybridized carbons (Fsp3) is 0.500. The zero-order chi connectivity index (χ0) is 9.42. The molecule has 0 aromatic heterocycles. The van der Waals surface area contributed by atoms with E-state index in [1.165, 1.54) is 16.7 Å². The van der Waals surface area contributed by atoms with E-state index in [1.54, 1.807) is 0 Å². The topological polar surface area (TPSA) is 9.23 Å². The highest BCUT2D eigenvalue weighted by Crippen LogP contribution is 2.31. The van der Waals surface area contributed by atoms with E-state index >= 15 is 0 Å². The Morgan fingerprint density at radius 1 is 1.31 bits per heavy atom. The lowest BCUT2D eigenvalue weighted by atomic mass is 9.89. The normalized spacial score (nSPS) is 27.0. The number of hydrogen-bond donors (Lipinski definition) is 0. The minimum Gasteiger partial charge on any atom is -0.373 e. The van der Waals surface area contributed by atoms with Crippen LogP contribution in [0.4, 0.5) is 0 Å². The maximum Gasteiger partial charge on any atom is 0.0723 e. The first kappa shape index (κ1) is 8.76. The van der Waals surface area contributed by atoms with Crippen molar-refractivity contribution in [3.8, 4) is 0 Å². The molecule has 0 saturated carbocycles. The van der Waals surface area contributed by atoms with E-state index in [1.807, 2.05) is 0 Å². The third-order valence-electron chi connectivity index (χ3n) is 2.99. The second-order valence-electron chi connectivity index (χ2n) is 4.01. The molecule has 0 aliphatic carbocycles. The number of rotatable bonds is 0. The van der Waals surface area contributed by atoms with Crippen LogP contribution in [-0.2, 0) is 11.3 Å². The smallest absolute Gasteiger partial charge is 0.0723 e. The van der Waals surface area contributed by atoms with Gasteiger partial charge in [-0.15, -0.1) is 0 Å². The molecule has 13 heavy (non-hydrogen) atoms. The quantitative estimate of drug-likeness (QED) is 0.590. The average Bonchev–Trinajstić information content (AvgIpc) is 2.12. The molecule has 1 aliphatic heterocycles. The first-order chi connectivity index (χ1) is 6.18. The van der Waals surface area contributed by atoms with Gasteiger partial charge in [0.05, 0.1) is 12.7 Å². The summed E-state index contributed by atoms with van der Waals surface area (Å²) >= 11 is 0. The molecule has 0 spiro atoms. The lowest BCUT2D eigenvalue weighted by molar-refractivity contribution is 0.0241. The van der Waals surface area contributed by atoms with Gasteiger partial charge in [0.25, 0.3) is 0 Å². The molecule has 1 heteroatoms. The van der Waals surface area contributed by atoms with Gasteiger partial charge in [0.2, 0.25) is 0 Å². The zero-order valence-corrected chi connectivity index (χ0v) is 8.50. The molecule has 1 aromatic rings. The third kappa shape index (κ3) is 1.49. The molecular formula is C12H16O. The Morgan fingerprint density at radius 2 is 2.08 bits per heavy atom. The molecule has 2 rings (SSSR count). The maximum absolute atomic E-state index is 5.67. The van der Waals surface area contributed by atoms with E-state index < -0.39 is 0 Å². The van der Waals surface area contributed by atoms with E-state index in [9.17, 15) is 0 Å². The first-order valence-electron chi connectivity index (χ1n) is 4.89. The van der Waals surface area contributed by atoms with Crippen molar-refractivity contribution in [2.45, 2.75) is 39.4 Å². The van der Waals surface area contributed by atoms with Crippen LogP contribution in [0.1, 0.15) is 36.5 Å². The van der Waals surface area contributed by atoms with Crippen molar-refractivity contribution < 1.29 is 4.74 Å². The molecule has 1 aromatic carbocycles. The van der Waals surface area contributed by atoms with Gasteiger partial charge in [0, 0.05) is 5.92 Å². The summed E-state index contributed by atoms with van der Waals surface area (Å²) in [6, 6.07) is 6.67. The van der Waals surface area contributed by atoms with Crippen LogP contribution in [0.3, 0.4) is 0 Å². The van der Waals surface area contributed by atoms with Crippen molar-refractivity contribution in [1.82, 2.24) is 0 Å². The summed E-state index contributed by atoms with van der Waals surface area (Å²) in [5, 5.41) is 0. The van der Waals surface area contributed by atoms with Crippen molar-refractivity contribution in [3.05, 3.63) is 34.9 Å².